The molecule has 1 aliphatic rings. The fraction of sp³-hybridized carbons (Fsp3) is 0.143. The number of hydrogen-bond donors (Lipinski definition) is 0. The molecular formula is C21H21B3O7S2. The molecule has 0 N–H and O–H groups in total. The van der Waals surface area contributed by atoms with Crippen molar-refractivity contribution in [3.8, 4) is 0 Å². The molecule has 3 aromatic carbocycles. The van der Waals surface area contributed by atoms with Gasteiger partial charge in [-0.25, -0.2) is 16.8 Å². The first-order valence-corrected chi connectivity index (χ1v) is 13.9. The van der Waals surface area contributed by atoms with E-state index in [9.17, 15) is 16.8 Å². The maximum absolute atomic E-state index is 11.8. The van der Waals surface area contributed by atoms with Crippen LogP contribution in [-0.2, 0) is 33.4 Å². The van der Waals surface area contributed by atoms with Gasteiger partial charge in [0.15, 0.2) is 19.7 Å². The molecule has 1 fully saturated rings. The minimum atomic E-state index is -3.33. The molecule has 168 valence electrons. The van der Waals surface area contributed by atoms with Crippen LogP contribution in [-0.4, -0.2) is 50.7 Å². The highest BCUT2D eigenvalue weighted by molar-refractivity contribution is 7.91. The van der Waals surface area contributed by atoms with Crippen LogP contribution in [0.15, 0.2) is 82.6 Å². The summed E-state index contributed by atoms with van der Waals surface area (Å²) in [6.07, 6.45) is 2.29. The van der Waals surface area contributed by atoms with Gasteiger partial charge in [-0.15, -0.1) is 0 Å². The monoisotopic (exact) mass is 482 g/mol. The number of hydrogen-bond acceptors (Lipinski definition) is 7. The molecule has 0 saturated carbocycles. The van der Waals surface area contributed by atoms with Gasteiger partial charge in [-0.2, -0.15) is 0 Å². The van der Waals surface area contributed by atoms with Crippen molar-refractivity contribution in [3.05, 3.63) is 78.4 Å². The summed E-state index contributed by atoms with van der Waals surface area (Å²) in [6, 6.07) is 20.3. The molecule has 0 amide bonds. The Balaban J connectivity index is 1.67. The SMILES string of the molecule is Cc1ccc(B2OB(c3ccc(S(C)(=O)=O)cc3)OB(c3ccc(S(C)(=O)=O)cc3)O2)cc1. The molecule has 33 heavy (non-hydrogen) atoms. The van der Waals surface area contributed by atoms with E-state index in [1.165, 1.54) is 24.3 Å². The molecule has 4 rings (SSSR count). The molecule has 0 radical (unpaired) electrons. The molecule has 0 aromatic heterocycles. The second-order valence-corrected chi connectivity index (χ2v) is 12.0. The summed E-state index contributed by atoms with van der Waals surface area (Å²) in [6.45, 7) is 1.98. The highest BCUT2D eigenvalue weighted by Crippen LogP contribution is 2.14. The molecule has 12 heteroatoms. The van der Waals surface area contributed by atoms with Crippen molar-refractivity contribution < 1.29 is 30.6 Å². The first-order valence-electron chi connectivity index (χ1n) is 10.1. The molecule has 0 bridgehead atoms. The Kier molecular flexibility index (Phi) is 6.57. The zero-order valence-electron chi connectivity index (χ0n) is 18.3. The highest BCUT2D eigenvalue weighted by Gasteiger charge is 2.43. The molecule has 0 aliphatic carbocycles. The summed E-state index contributed by atoms with van der Waals surface area (Å²) in [4.78, 5) is 0.391. The van der Waals surface area contributed by atoms with Gasteiger partial charge in [0.2, 0.25) is 0 Å². The van der Waals surface area contributed by atoms with Crippen molar-refractivity contribution >= 4 is 57.4 Å². The molecule has 1 aliphatic heterocycles. The first-order chi connectivity index (χ1) is 15.5. The number of sulfone groups is 2. The predicted octanol–water partition coefficient (Wildman–Crippen LogP) is 0.351. The Morgan fingerprint density at radius 3 is 1.06 bits per heavy atom. The molecular weight excluding hydrogens is 461 g/mol. The van der Waals surface area contributed by atoms with Crippen LogP contribution >= 0.6 is 0 Å². The van der Waals surface area contributed by atoms with E-state index in [2.05, 4.69) is 0 Å². The van der Waals surface area contributed by atoms with Crippen LogP contribution in [0, 0.1) is 6.92 Å². The number of aryl methyl sites for hydroxylation is 1. The fourth-order valence-corrected chi connectivity index (χ4v) is 4.63. The molecule has 3 aromatic rings. The van der Waals surface area contributed by atoms with Gasteiger partial charge in [0.05, 0.1) is 9.79 Å². The van der Waals surface area contributed by atoms with Crippen LogP contribution < -0.4 is 16.4 Å². The Labute approximate surface area is 195 Å². The summed E-state index contributed by atoms with van der Waals surface area (Å²) in [7, 11) is -9.09. The molecule has 1 heterocycles. The summed E-state index contributed by atoms with van der Waals surface area (Å²) >= 11 is 0. The van der Waals surface area contributed by atoms with Gasteiger partial charge >= 0.3 is 21.4 Å². The third-order valence-electron chi connectivity index (χ3n) is 5.25. The number of benzene rings is 3. The van der Waals surface area contributed by atoms with E-state index in [0.29, 0.717) is 10.9 Å². The van der Waals surface area contributed by atoms with E-state index in [4.69, 9.17) is 13.7 Å². The van der Waals surface area contributed by atoms with Crippen LogP contribution in [0.1, 0.15) is 5.56 Å². The largest absolute Gasteiger partial charge is 0.467 e. The van der Waals surface area contributed by atoms with Gasteiger partial charge < -0.3 is 13.7 Å². The Hall–Kier alpha value is -2.37. The summed E-state index contributed by atoms with van der Waals surface area (Å²) in [5.74, 6) is 0. The normalized spacial score (nSPS) is 15.1. The molecule has 0 unspecified atom stereocenters. The summed E-state index contributed by atoms with van der Waals surface area (Å²) in [5.41, 5.74) is 3.13. The zero-order chi connectivity index (χ0) is 23.8. The topological polar surface area (TPSA) is 96.0 Å². The van der Waals surface area contributed by atoms with E-state index in [1.54, 1.807) is 24.3 Å². The average Bonchev–Trinajstić information content (AvgIpc) is 2.78. The highest BCUT2D eigenvalue weighted by atomic mass is 32.2. The minimum Gasteiger partial charge on any atom is -0.445 e. The Bertz CT molecular complexity index is 1260. The standard InChI is InChI=1S/C21H21B3O7S2/c1-16-4-6-17(7-5-16)22-29-23(18-8-12-20(13-9-18)32(2,25)26)31-24(30-22)19-10-14-21(15-11-19)33(3,27)28/h4-15H,1-3H3. The molecule has 7 nitrogen and oxygen atoms in total. The third-order valence-corrected chi connectivity index (χ3v) is 7.51. The van der Waals surface area contributed by atoms with Crippen molar-refractivity contribution in [1.82, 2.24) is 0 Å². The minimum absolute atomic E-state index is 0.196. The smallest absolute Gasteiger partial charge is 0.445 e. The van der Waals surface area contributed by atoms with E-state index in [-0.39, 0.29) is 9.79 Å². The number of rotatable bonds is 5. The van der Waals surface area contributed by atoms with Gasteiger partial charge in [-0.05, 0) is 47.6 Å². The first kappa shape index (κ1) is 23.8. The lowest BCUT2D eigenvalue weighted by atomic mass is 9.61. The Morgan fingerprint density at radius 1 is 0.515 bits per heavy atom. The Morgan fingerprint density at radius 2 is 0.788 bits per heavy atom. The fourth-order valence-electron chi connectivity index (χ4n) is 3.37. The second-order valence-electron chi connectivity index (χ2n) is 8.00. The van der Waals surface area contributed by atoms with Gasteiger partial charge in [0.1, 0.15) is 0 Å². The summed E-state index contributed by atoms with van der Waals surface area (Å²) < 4.78 is 65.3. The van der Waals surface area contributed by atoms with Crippen molar-refractivity contribution in [2.45, 2.75) is 16.7 Å². The predicted molar refractivity (Wildman–Crippen MR) is 130 cm³/mol. The van der Waals surface area contributed by atoms with E-state index >= 15 is 0 Å². The third kappa shape index (κ3) is 5.59. The van der Waals surface area contributed by atoms with E-state index in [1.807, 2.05) is 31.2 Å². The van der Waals surface area contributed by atoms with Crippen molar-refractivity contribution in [3.63, 3.8) is 0 Å². The summed E-state index contributed by atoms with van der Waals surface area (Å²) in [5, 5.41) is 0. The zero-order valence-corrected chi connectivity index (χ0v) is 20.0. The molecule has 0 atom stereocenters. The van der Waals surface area contributed by atoms with Gasteiger partial charge in [-0.3, -0.25) is 0 Å². The lowest BCUT2D eigenvalue weighted by Crippen LogP contribution is -2.61. The molecule has 1 saturated heterocycles. The van der Waals surface area contributed by atoms with E-state index < -0.39 is 41.0 Å². The van der Waals surface area contributed by atoms with Crippen LogP contribution in [0.2, 0.25) is 0 Å². The van der Waals surface area contributed by atoms with Crippen molar-refractivity contribution in [2.75, 3.05) is 12.5 Å². The van der Waals surface area contributed by atoms with Crippen LogP contribution in [0.3, 0.4) is 0 Å². The van der Waals surface area contributed by atoms with Crippen LogP contribution in [0.25, 0.3) is 0 Å². The maximum Gasteiger partial charge on any atom is 0.467 e. The van der Waals surface area contributed by atoms with Gasteiger partial charge in [0.25, 0.3) is 0 Å². The van der Waals surface area contributed by atoms with Crippen molar-refractivity contribution in [2.24, 2.45) is 0 Å². The van der Waals surface area contributed by atoms with Gasteiger partial charge in [0, 0.05) is 12.5 Å². The van der Waals surface area contributed by atoms with Crippen LogP contribution in [0.4, 0.5) is 0 Å². The van der Waals surface area contributed by atoms with Crippen molar-refractivity contribution in [1.29, 1.82) is 0 Å². The maximum atomic E-state index is 11.8. The average molecular weight is 482 g/mol. The second kappa shape index (κ2) is 9.11. The quantitative estimate of drug-likeness (QED) is 0.485. The van der Waals surface area contributed by atoms with Crippen LogP contribution in [0.5, 0.6) is 0 Å². The lowest BCUT2D eigenvalue weighted by molar-refractivity contribution is 0.308. The van der Waals surface area contributed by atoms with Gasteiger partial charge in [-0.1, -0.05) is 54.1 Å². The van der Waals surface area contributed by atoms with E-state index in [0.717, 1.165) is 23.5 Å². The lowest BCUT2D eigenvalue weighted by Gasteiger charge is -2.31. The molecule has 0 spiro atoms.